The lowest BCUT2D eigenvalue weighted by molar-refractivity contribution is -0.118. The molecule has 0 bridgehead atoms. The maximum Gasteiger partial charge on any atom is 0.263 e. The number of benzene rings is 1. The van der Waals surface area contributed by atoms with E-state index in [1.807, 2.05) is 0 Å². The van der Waals surface area contributed by atoms with Gasteiger partial charge in [-0.15, -0.1) is 10.2 Å². The van der Waals surface area contributed by atoms with Crippen molar-refractivity contribution in [1.29, 1.82) is 0 Å². The molecule has 1 amide bonds. The van der Waals surface area contributed by atoms with Crippen LogP contribution in [0.5, 0.6) is 5.75 Å². The Hall–Kier alpha value is -2.38. The van der Waals surface area contributed by atoms with Gasteiger partial charge in [0.05, 0.1) is 0 Å². The van der Waals surface area contributed by atoms with E-state index in [0.29, 0.717) is 29.0 Å². The Morgan fingerprint density at radius 3 is 2.50 bits per heavy atom. The second-order valence-electron chi connectivity index (χ2n) is 4.87. The lowest BCUT2D eigenvalue weighted by Crippen LogP contribution is -2.21. The molecular weight excluding hydrogens is 332 g/mol. The van der Waals surface area contributed by atoms with Gasteiger partial charge < -0.3 is 20.1 Å². The summed E-state index contributed by atoms with van der Waals surface area (Å²) in [7, 11) is 1.66. The van der Waals surface area contributed by atoms with Gasteiger partial charge in [0.1, 0.15) is 11.6 Å². The molecule has 0 aliphatic heterocycles. The van der Waals surface area contributed by atoms with E-state index < -0.39 is 0 Å². The number of amides is 1. The predicted octanol–water partition coefficient (Wildman–Crippen LogP) is 2.60. The fourth-order valence-electron chi connectivity index (χ4n) is 1.78. The average Bonchev–Trinajstić information content (AvgIpc) is 2.60. The van der Waals surface area contributed by atoms with Gasteiger partial charge in [-0.25, -0.2) is 0 Å². The maximum atomic E-state index is 11.8. The molecule has 0 atom stereocenters. The highest BCUT2D eigenvalue weighted by molar-refractivity contribution is 6.30. The largest absolute Gasteiger partial charge is 0.484 e. The topological polar surface area (TPSA) is 85.4 Å². The number of nitrogens with zero attached hydrogens (tertiary/aromatic N) is 2. The van der Waals surface area contributed by atoms with Crippen molar-refractivity contribution in [1.82, 2.24) is 10.2 Å². The molecule has 8 heteroatoms. The molecule has 1 aromatic carbocycles. The normalized spacial score (nSPS) is 10.2. The molecule has 0 unspecified atom stereocenters. The molecule has 1 heterocycles. The molecule has 2 N–H and O–H groups in total. The minimum absolute atomic E-state index is 0.125. The molecular formula is C16H19ClN4O3. The van der Waals surface area contributed by atoms with Crippen molar-refractivity contribution in [2.45, 2.75) is 6.42 Å². The van der Waals surface area contributed by atoms with Crippen LogP contribution in [0.15, 0.2) is 36.4 Å². The van der Waals surface area contributed by atoms with Crippen LogP contribution in [0.4, 0.5) is 11.6 Å². The first kappa shape index (κ1) is 18.0. The number of anilines is 2. The Labute approximate surface area is 145 Å². The third kappa shape index (κ3) is 6.39. The van der Waals surface area contributed by atoms with Crippen LogP contribution in [0.2, 0.25) is 5.02 Å². The summed E-state index contributed by atoms with van der Waals surface area (Å²) >= 11 is 5.78. The zero-order valence-electron chi connectivity index (χ0n) is 13.3. The Morgan fingerprint density at radius 2 is 1.83 bits per heavy atom. The Kier molecular flexibility index (Phi) is 7.25. The molecule has 0 aliphatic carbocycles. The first-order chi connectivity index (χ1) is 11.7. The van der Waals surface area contributed by atoms with Crippen molar-refractivity contribution in [3.05, 3.63) is 41.4 Å². The molecule has 0 fully saturated rings. The fraction of sp³-hybridized carbons (Fsp3) is 0.312. The van der Waals surface area contributed by atoms with Crippen LogP contribution in [0.3, 0.4) is 0 Å². The number of nitrogens with one attached hydrogen (secondary N) is 2. The predicted molar refractivity (Wildman–Crippen MR) is 92.6 cm³/mol. The van der Waals surface area contributed by atoms with Gasteiger partial charge in [0.15, 0.2) is 12.4 Å². The summed E-state index contributed by atoms with van der Waals surface area (Å²) in [4.78, 5) is 11.8. The SMILES string of the molecule is COCCCNc1ccc(NC(=O)COc2ccc(Cl)cc2)nn1. The monoisotopic (exact) mass is 350 g/mol. The van der Waals surface area contributed by atoms with Gasteiger partial charge >= 0.3 is 0 Å². The first-order valence-corrected chi connectivity index (χ1v) is 7.80. The van der Waals surface area contributed by atoms with E-state index in [1.165, 1.54) is 0 Å². The fourth-order valence-corrected chi connectivity index (χ4v) is 1.91. The summed E-state index contributed by atoms with van der Waals surface area (Å²) in [5, 5.41) is 14.3. The van der Waals surface area contributed by atoms with E-state index in [1.54, 1.807) is 43.5 Å². The summed E-state index contributed by atoms with van der Waals surface area (Å²) < 4.78 is 10.3. The molecule has 128 valence electrons. The summed E-state index contributed by atoms with van der Waals surface area (Å²) in [6, 6.07) is 10.2. The smallest absolute Gasteiger partial charge is 0.263 e. The summed E-state index contributed by atoms with van der Waals surface area (Å²) in [6.45, 7) is 1.30. The molecule has 0 radical (unpaired) electrons. The lowest BCUT2D eigenvalue weighted by Gasteiger charge is -2.08. The molecule has 2 aromatic rings. The number of aromatic nitrogens is 2. The highest BCUT2D eigenvalue weighted by Gasteiger charge is 2.05. The highest BCUT2D eigenvalue weighted by Crippen LogP contribution is 2.15. The van der Waals surface area contributed by atoms with Gasteiger partial charge in [-0.3, -0.25) is 4.79 Å². The van der Waals surface area contributed by atoms with E-state index in [2.05, 4.69) is 20.8 Å². The summed E-state index contributed by atoms with van der Waals surface area (Å²) in [6.07, 6.45) is 0.874. The molecule has 0 saturated heterocycles. The molecule has 1 aromatic heterocycles. The third-order valence-corrected chi connectivity index (χ3v) is 3.20. The Bertz CT molecular complexity index is 635. The van der Waals surface area contributed by atoms with Crippen LogP contribution >= 0.6 is 11.6 Å². The Balaban J connectivity index is 1.74. The zero-order valence-corrected chi connectivity index (χ0v) is 14.0. The van der Waals surface area contributed by atoms with E-state index in [4.69, 9.17) is 21.1 Å². The zero-order chi connectivity index (χ0) is 17.2. The van der Waals surface area contributed by atoms with Crippen molar-refractivity contribution in [3.8, 4) is 5.75 Å². The quantitative estimate of drug-likeness (QED) is 0.676. The van der Waals surface area contributed by atoms with E-state index in [-0.39, 0.29) is 12.5 Å². The molecule has 2 rings (SSSR count). The number of halogens is 1. The van der Waals surface area contributed by atoms with E-state index >= 15 is 0 Å². The van der Waals surface area contributed by atoms with Crippen molar-refractivity contribution >= 4 is 29.1 Å². The van der Waals surface area contributed by atoms with Gasteiger partial charge in [0.2, 0.25) is 0 Å². The number of carbonyl (C=O) groups is 1. The average molecular weight is 351 g/mol. The van der Waals surface area contributed by atoms with Gasteiger partial charge in [-0.1, -0.05) is 11.6 Å². The minimum atomic E-state index is -0.319. The van der Waals surface area contributed by atoms with Crippen molar-refractivity contribution in [2.24, 2.45) is 0 Å². The molecule has 24 heavy (non-hydrogen) atoms. The van der Waals surface area contributed by atoms with Crippen molar-refractivity contribution in [2.75, 3.05) is 37.5 Å². The highest BCUT2D eigenvalue weighted by atomic mass is 35.5. The van der Waals surface area contributed by atoms with E-state index in [0.717, 1.165) is 13.0 Å². The third-order valence-electron chi connectivity index (χ3n) is 2.95. The summed E-state index contributed by atoms with van der Waals surface area (Å²) in [5.74, 6) is 1.25. The Morgan fingerprint density at radius 1 is 1.12 bits per heavy atom. The number of carbonyl (C=O) groups excluding carboxylic acids is 1. The van der Waals surface area contributed by atoms with Crippen molar-refractivity contribution in [3.63, 3.8) is 0 Å². The van der Waals surface area contributed by atoms with Gasteiger partial charge in [-0.05, 0) is 42.8 Å². The van der Waals surface area contributed by atoms with Gasteiger partial charge in [0.25, 0.3) is 5.91 Å². The molecule has 7 nitrogen and oxygen atoms in total. The second-order valence-corrected chi connectivity index (χ2v) is 5.30. The van der Waals surface area contributed by atoms with Gasteiger partial charge in [0, 0.05) is 25.3 Å². The number of hydrogen-bond donors (Lipinski definition) is 2. The number of methoxy groups -OCH3 is 1. The molecule has 0 aliphatic rings. The maximum absolute atomic E-state index is 11.8. The second kappa shape index (κ2) is 9.69. The first-order valence-electron chi connectivity index (χ1n) is 7.42. The van der Waals surface area contributed by atoms with Gasteiger partial charge in [-0.2, -0.15) is 0 Å². The summed E-state index contributed by atoms with van der Waals surface area (Å²) in [5.41, 5.74) is 0. The van der Waals surface area contributed by atoms with Crippen molar-refractivity contribution < 1.29 is 14.3 Å². The number of rotatable bonds is 9. The number of hydrogen-bond acceptors (Lipinski definition) is 6. The lowest BCUT2D eigenvalue weighted by atomic mass is 10.3. The standard InChI is InChI=1S/C16H19ClN4O3/c1-23-10-2-9-18-14-7-8-15(21-20-14)19-16(22)11-24-13-5-3-12(17)4-6-13/h3-8H,2,9-11H2,1H3,(H,18,20)(H,19,21,22). The van der Waals surface area contributed by atoms with Crippen LogP contribution in [-0.2, 0) is 9.53 Å². The minimum Gasteiger partial charge on any atom is -0.484 e. The van der Waals surface area contributed by atoms with Crippen LogP contribution in [-0.4, -0.2) is 43.0 Å². The van der Waals surface area contributed by atoms with Crippen LogP contribution < -0.4 is 15.4 Å². The molecule has 0 saturated carbocycles. The van der Waals surface area contributed by atoms with Crippen LogP contribution in [0.25, 0.3) is 0 Å². The molecule has 0 spiro atoms. The van der Waals surface area contributed by atoms with Crippen LogP contribution in [0.1, 0.15) is 6.42 Å². The van der Waals surface area contributed by atoms with E-state index in [9.17, 15) is 4.79 Å². The number of ether oxygens (including phenoxy) is 2. The van der Waals surface area contributed by atoms with Crippen LogP contribution in [0, 0.1) is 0 Å².